The van der Waals surface area contributed by atoms with E-state index in [1.165, 1.54) is 11.1 Å². The maximum absolute atomic E-state index is 5.78. The van der Waals surface area contributed by atoms with Gasteiger partial charge in [0.1, 0.15) is 0 Å². The number of allylic oxidation sites excluding steroid dienone is 2. The fourth-order valence-electron chi connectivity index (χ4n) is 3.28. The molecule has 1 aromatic carbocycles. The number of nitrogens with zero attached hydrogens (tertiary/aromatic N) is 1. The molecule has 2 nitrogen and oxygen atoms in total. The highest BCUT2D eigenvalue weighted by Crippen LogP contribution is 2.30. The van der Waals surface area contributed by atoms with E-state index in [0.717, 1.165) is 32.6 Å². The maximum atomic E-state index is 5.78. The zero-order valence-electron chi connectivity index (χ0n) is 13.1. The summed E-state index contributed by atoms with van der Waals surface area (Å²) in [4.78, 5) is 2.62. The SMILES string of the molecule is CC(C)=CCC1=CC2COCC(C1)N2Cc1ccccc1. The molecule has 0 saturated carbocycles. The van der Waals surface area contributed by atoms with Crippen molar-refractivity contribution in [3.8, 4) is 0 Å². The average Bonchev–Trinajstić information content (AvgIpc) is 2.46. The van der Waals surface area contributed by atoms with Crippen molar-refractivity contribution in [1.82, 2.24) is 4.90 Å². The molecule has 2 heteroatoms. The summed E-state index contributed by atoms with van der Waals surface area (Å²) < 4.78 is 5.78. The predicted molar refractivity (Wildman–Crippen MR) is 87.1 cm³/mol. The molecule has 2 aliphatic heterocycles. The molecule has 1 aromatic rings. The summed E-state index contributed by atoms with van der Waals surface area (Å²) in [7, 11) is 0. The minimum absolute atomic E-state index is 0.443. The maximum Gasteiger partial charge on any atom is 0.0658 e. The van der Waals surface area contributed by atoms with E-state index in [1.54, 1.807) is 5.57 Å². The van der Waals surface area contributed by atoms with Crippen LogP contribution in [0.3, 0.4) is 0 Å². The number of hydrogen-bond donors (Lipinski definition) is 0. The number of benzene rings is 1. The van der Waals surface area contributed by atoms with Crippen LogP contribution in [-0.4, -0.2) is 30.2 Å². The quantitative estimate of drug-likeness (QED) is 0.776. The molecule has 2 unspecified atom stereocenters. The summed E-state index contributed by atoms with van der Waals surface area (Å²) in [5, 5.41) is 0. The zero-order chi connectivity index (χ0) is 14.7. The fraction of sp³-hybridized carbons (Fsp3) is 0.474. The molecule has 3 rings (SSSR count). The number of morpholine rings is 1. The summed E-state index contributed by atoms with van der Waals surface area (Å²) >= 11 is 0. The van der Waals surface area contributed by atoms with Crippen LogP contribution in [0.4, 0.5) is 0 Å². The van der Waals surface area contributed by atoms with Crippen LogP contribution in [0, 0.1) is 0 Å². The number of fused-ring (bicyclic) bond motifs is 2. The highest BCUT2D eigenvalue weighted by Gasteiger charge is 2.34. The largest absolute Gasteiger partial charge is 0.378 e. The van der Waals surface area contributed by atoms with E-state index in [0.29, 0.717) is 12.1 Å². The van der Waals surface area contributed by atoms with E-state index in [-0.39, 0.29) is 0 Å². The van der Waals surface area contributed by atoms with Crippen LogP contribution in [0.15, 0.2) is 53.6 Å². The van der Waals surface area contributed by atoms with E-state index in [2.05, 4.69) is 61.2 Å². The van der Waals surface area contributed by atoms with E-state index in [1.807, 2.05) is 0 Å². The molecular formula is C19H25NO. The standard InChI is InChI=1S/C19H25NO/c1-15(2)8-9-17-10-18-13-21-14-19(11-17)20(18)12-16-6-4-3-5-7-16/h3-8,10,18-19H,9,11-14H2,1-2H3. The Hall–Kier alpha value is -1.38. The van der Waals surface area contributed by atoms with Gasteiger partial charge in [0.05, 0.1) is 19.3 Å². The second-order valence-electron chi connectivity index (χ2n) is 6.43. The average molecular weight is 283 g/mol. The molecule has 0 aromatic heterocycles. The van der Waals surface area contributed by atoms with Gasteiger partial charge in [0.2, 0.25) is 0 Å². The van der Waals surface area contributed by atoms with Crippen LogP contribution < -0.4 is 0 Å². The van der Waals surface area contributed by atoms with Crippen molar-refractivity contribution < 1.29 is 4.74 Å². The summed E-state index contributed by atoms with van der Waals surface area (Å²) in [5.41, 5.74) is 4.39. The lowest BCUT2D eigenvalue weighted by Gasteiger charge is -2.44. The lowest BCUT2D eigenvalue weighted by molar-refractivity contribution is -0.0440. The van der Waals surface area contributed by atoms with E-state index < -0.39 is 0 Å². The summed E-state index contributed by atoms with van der Waals surface area (Å²) in [6.07, 6.45) is 7.04. The molecular weight excluding hydrogens is 258 g/mol. The van der Waals surface area contributed by atoms with Crippen molar-refractivity contribution in [1.29, 1.82) is 0 Å². The third kappa shape index (κ3) is 3.63. The predicted octanol–water partition coefficient (Wildman–Crippen LogP) is 3.94. The lowest BCUT2D eigenvalue weighted by Crippen LogP contribution is -2.53. The van der Waals surface area contributed by atoms with Crippen LogP contribution in [0.2, 0.25) is 0 Å². The van der Waals surface area contributed by atoms with Gasteiger partial charge in [-0.15, -0.1) is 0 Å². The first kappa shape index (κ1) is 14.6. The van der Waals surface area contributed by atoms with Crippen LogP contribution in [0.5, 0.6) is 0 Å². The van der Waals surface area contributed by atoms with Crippen molar-refractivity contribution >= 4 is 0 Å². The van der Waals surface area contributed by atoms with Crippen LogP contribution in [0.25, 0.3) is 0 Å². The van der Waals surface area contributed by atoms with Gasteiger partial charge in [-0.2, -0.15) is 0 Å². The van der Waals surface area contributed by atoms with Crippen molar-refractivity contribution in [2.45, 2.75) is 45.3 Å². The molecule has 112 valence electrons. The van der Waals surface area contributed by atoms with Gasteiger partial charge in [0, 0.05) is 12.6 Å². The zero-order valence-corrected chi connectivity index (χ0v) is 13.1. The van der Waals surface area contributed by atoms with Crippen LogP contribution in [0.1, 0.15) is 32.3 Å². The van der Waals surface area contributed by atoms with E-state index in [4.69, 9.17) is 4.74 Å². The molecule has 2 atom stereocenters. The molecule has 1 saturated heterocycles. The number of ether oxygens (including phenoxy) is 1. The first-order valence-electron chi connectivity index (χ1n) is 7.92. The fourth-order valence-corrected chi connectivity index (χ4v) is 3.28. The van der Waals surface area contributed by atoms with Gasteiger partial charge in [-0.1, -0.05) is 53.6 Å². The molecule has 0 N–H and O–H groups in total. The highest BCUT2D eigenvalue weighted by molar-refractivity contribution is 5.21. The molecule has 2 aliphatic rings. The number of rotatable bonds is 4. The Balaban J connectivity index is 1.73. The van der Waals surface area contributed by atoms with Gasteiger partial charge in [0.15, 0.2) is 0 Å². The first-order valence-corrected chi connectivity index (χ1v) is 7.92. The van der Waals surface area contributed by atoms with E-state index in [9.17, 15) is 0 Å². The molecule has 2 bridgehead atoms. The minimum Gasteiger partial charge on any atom is -0.378 e. The van der Waals surface area contributed by atoms with Gasteiger partial charge in [0.25, 0.3) is 0 Å². The van der Waals surface area contributed by atoms with Crippen molar-refractivity contribution in [2.75, 3.05) is 13.2 Å². The summed E-state index contributed by atoms with van der Waals surface area (Å²) in [6.45, 7) is 7.09. The molecule has 0 aliphatic carbocycles. The van der Waals surface area contributed by atoms with Crippen molar-refractivity contribution in [3.63, 3.8) is 0 Å². The van der Waals surface area contributed by atoms with Gasteiger partial charge >= 0.3 is 0 Å². The Kier molecular flexibility index (Phi) is 4.57. The van der Waals surface area contributed by atoms with Crippen LogP contribution in [-0.2, 0) is 11.3 Å². The van der Waals surface area contributed by atoms with Crippen LogP contribution >= 0.6 is 0 Å². The topological polar surface area (TPSA) is 12.5 Å². The third-order valence-electron chi connectivity index (χ3n) is 4.40. The molecule has 0 radical (unpaired) electrons. The molecule has 2 heterocycles. The first-order chi connectivity index (χ1) is 10.2. The Morgan fingerprint density at radius 2 is 2.05 bits per heavy atom. The Morgan fingerprint density at radius 1 is 1.24 bits per heavy atom. The van der Waals surface area contributed by atoms with Crippen molar-refractivity contribution in [2.24, 2.45) is 0 Å². The molecule has 0 amide bonds. The van der Waals surface area contributed by atoms with Crippen molar-refractivity contribution in [3.05, 3.63) is 59.2 Å². The lowest BCUT2D eigenvalue weighted by atomic mass is 9.91. The summed E-state index contributed by atoms with van der Waals surface area (Å²) in [5.74, 6) is 0. The number of hydrogen-bond acceptors (Lipinski definition) is 2. The van der Waals surface area contributed by atoms with Gasteiger partial charge in [-0.3, -0.25) is 4.90 Å². The summed E-state index contributed by atoms with van der Waals surface area (Å²) in [6, 6.07) is 11.8. The second kappa shape index (κ2) is 6.59. The molecule has 0 spiro atoms. The van der Waals surface area contributed by atoms with E-state index >= 15 is 0 Å². The Labute approximate surface area is 128 Å². The Bertz CT molecular complexity index is 528. The smallest absolute Gasteiger partial charge is 0.0658 e. The Morgan fingerprint density at radius 3 is 2.76 bits per heavy atom. The minimum atomic E-state index is 0.443. The monoisotopic (exact) mass is 283 g/mol. The van der Waals surface area contributed by atoms with Gasteiger partial charge in [-0.25, -0.2) is 0 Å². The van der Waals surface area contributed by atoms with Gasteiger partial charge < -0.3 is 4.74 Å². The third-order valence-corrected chi connectivity index (χ3v) is 4.40. The highest BCUT2D eigenvalue weighted by atomic mass is 16.5. The molecule has 1 fully saturated rings. The second-order valence-corrected chi connectivity index (χ2v) is 6.43. The normalized spacial score (nSPS) is 25.3. The van der Waals surface area contributed by atoms with Gasteiger partial charge in [-0.05, 0) is 32.3 Å². The molecule has 21 heavy (non-hydrogen) atoms.